The van der Waals surface area contributed by atoms with Gasteiger partial charge in [-0.2, -0.15) is 0 Å². The Balaban J connectivity index is 1.63. The number of carbonyl (C=O) groups excluding carboxylic acids is 1. The van der Waals surface area contributed by atoms with Gasteiger partial charge in [-0.25, -0.2) is 8.42 Å². The van der Waals surface area contributed by atoms with Crippen molar-refractivity contribution in [1.82, 2.24) is 4.90 Å². The van der Waals surface area contributed by atoms with E-state index in [1.54, 1.807) is 53.4 Å². The minimum Gasteiger partial charge on any atom is -0.481 e. The van der Waals surface area contributed by atoms with Crippen LogP contribution in [-0.4, -0.2) is 36.8 Å². The van der Waals surface area contributed by atoms with Gasteiger partial charge in [0.25, 0.3) is 10.0 Å². The third-order valence-electron chi connectivity index (χ3n) is 4.87. The zero-order chi connectivity index (χ0) is 21.7. The number of carboxylic acids is 1. The SMILES string of the molecule is Cc1ccc(S(=O)(=O)Nc2ccc(CN3CCC=C(CCC(=O)O)C3=O)cc2)cc1. The van der Waals surface area contributed by atoms with Crippen LogP contribution in [0.5, 0.6) is 0 Å². The molecule has 0 aromatic heterocycles. The molecule has 30 heavy (non-hydrogen) atoms. The average molecular weight is 429 g/mol. The van der Waals surface area contributed by atoms with Crippen LogP contribution in [0, 0.1) is 6.92 Å². The summed E-state index contributed by atoms with van der Waals surface area (Å²) >= 11 is 0. The second-order valence-corrected chi connectivity index (χ2v) is 8.94. The number of carbonyl (C=O) groups is 2. The number of aliphatic carboxylic acids is 1. The standard InChI is InChI=1S/C22H24N2O5S/c1-16-4-11-20(12-5-16)30(28,29)23-19-9-6-17(7-10-19)15-24-14-2-3-18(22(24)27)8-13-21(25)26/h3-7,9-12,23H,2,8,13-15H2,1H3,(H,25,26). The van der Waals surface area contributed by atoms with Crippen LogP contribution in [0.15, 0.2) is 65.1 Å². The summed E-state index contributed by atoms with van der Waals surface area (Å²) < 4.78 is 27.5. The second kappa shape index (κ2) is 9.13. The first-order valence-corrected chi connectivity index (χ1v) is 11.1. The van der Waals surface area contributed by atoms with Gasteiger partial charge in [0.1, 0.15) is 0 Å². The normalized spacial score (nSPS) is 14.4. The van der Waals surface area contributed by atoms with E-state index in [4.69, 9.17) is 5.11 Å². The van der Waals surface area contributed by atoms with E-state index in [0.29, 0.717) is 30.8 Å². The maximum absolute atomic E-state index is 12.6. The maximum Gasteiger partial charge on any atom is 0.303 e. The predicted octanol–water partition coefficient (Wildman–Crippen LogP) is 3.32. The fourth-order valence-electron chi connectivity index (χ4n) is 3.22. The molecule has 2 N–H and O–H groups in total. The van der Waals surface area contributed by atoms with Crippen LogP contribution < -0.4 is 4.72 Å². The van der Waals surface area contributed by atoms with Gasteiger partial charge in [0, 0.05) is 30.8 Å². The highest BCUT2D eigenvalue weighted by molar-refractivity contribution is 7.92. The van der Waals surface area contributed by atoms with Crippen LogP contribution in [-0.2, 0) is 26.2 Å². The molecule has 3 rings (SSSR count). The number of nitrogens with one attached hydrogen (secondary N) is 1. The minimum atomic E-state index is -3.67. The Morgan fingerprint density at radius 1 is 1.10 bits per heavy atom. The summed E-state index contributed by atoms with van der Waals surface area (Å²) in [4.78, 5) is 25.2. The van der Waals surface area contributed by atoms with Gasteiger partial charge < -0.3 is 10.0 Å². The first-order valence-electron chi connectivity index (χ1n) is 9.63. The van der Waals surface area contributed by atoms with E-state index in [9.17, 15) is 18.0 Å². The number of aryl methyl sites for hydroxylation is 1. The molecule has 1 heterocycles. The number of benzene rings is 2. The molecule has 0 atom stereocenters. The molecule has 0 bridgehead atoms. The molecule has 0 unspecified atom stereocenters. The Labute approximate surface area is 176 Å². The van der Waals surface area contributed by atoms with Crippen molar-refractivity contribution in [3.63, 3.8) is 0 Å². The second-order valence-electron chi connectivity index (χ2n) is 7.25. The number of nitrogens with zero attached hydrogens (tertiary/aromatic N) is 1. The lowest BCUT2D eigenvalue weighted by Crippen LogP contribution is -2.35. The Kier molecular flexibility index (Phi) is 6.56. The van der Waals surface area contributed by atoms with Gasteiger partial charge >= 0.3 is 5.97 Å². The highest BCUT2D eigenvalue weighted by Gasteiger charge is 2.22. The summed E-state index contributed by atoms with van der Waals surface area (Å²) in [7, 11) is -3.67. The van der Waals surface area contributed by atoms with Crippen LogP contribution in [0.25, 0.3) is 0 Å². The number of amides is 1. The van der Waals surface area contributed by atoms with E-state index in [1.165, 1.54) is 0 Å². The van der Waals surface area contributed by atoms with Gasteiger partial charge in [-0.1, -0.05) is 35.9 Å². The summed E-state index contributed by atoms with van der Waals surface area (Å²) in [5.74, 6) is -1.07. The highest BCUT2D eigenvalue weighted by Crippen LogP contribution is 2.21. The molecule has 7 nitrogen and oxygen atoms in total. The molecule has 0 saturated heterocycles. The van der Waals surface area contributed by atoms with Crippen molar-refractivity contribution in [2.24, 2.45) is 0 Å². The smallest absolute Gasteiger partial charge is 0.303 e. The summed E-state index contributed by atoms with van der Waals surface area (Å²) in [5, 5.41) is 8.82. The third-order valence-corrected chi connectivity index (χ3v) is 6.27. The molecule has 1 aliphatic rings. The van der Waals surface area contributed by atoms with E-state index in [0.717, 1.165) is 11.1 Å². The quantitative estimate of drug-likeness (QED) is 0.671. The van der Waals surface area contributed by atoms with Crippen LogP contribution in [0.4, 0.5) is 5.69 Å². The van der Waals surface area contributed by atoms with Gasteiger partial charge in [0.15, 0.2) is 0 Å². The van der Waals surface area contributed by atoms with Gasteiger partial charge in [-0.15, -0.1) is 0 Å². The van der Waals surface area contributed by atoms with Crippen molar-refractivity contribution >= 4 is 27.6 Å². The Morgan fingerprint density at radius 2 is 1.77 bits per heavy atom. The van der Waals surface area contributed by atoms with Crippen LogP contribution in [0.3, 0.4) is 0 Å². The molecule has 158 valence electrons. The predicted molar refractivity (Wildman–Crippen MR) is 113 cm³/mol. The van der Waals surface area contributed by atoms with E-state index in [1.807, 2.05) is 13.0 Å². The van der Waals surface area contributed by atoms with Crippen molar-refractivity contribution in [1.29, 1.82) is 0 Å². The fraction of sp³-hybridized carbons (Fsp3) is 0.273. The number of carboxylic acid groups (broad SMARTS) is 1. The molecular formula is C22H24N2O5S. The lowest BCUT2D eigenvalue weighted by molar-refractivity contribution is -0.137. The lowest BCUT2D eigenvalue weighted by Gasteiger charge is -2.27. The molecule has 0 saturated carbocycles. The Bertz CT molecular complexity index is 1060. The summed E-state index contributed by atoms with van der Waals surface area (Å²) in [6, 6.07) is 13.5. The number of sulfonamides is 1. The molecule has 2 aromatic carbocycles. The average Bonchev–Trinajstić information content (AvgIpc) is 2.70. The zero-order valence-corrected chi connectivity index (χ0v) is 17.5. The van der Waals surface area contributed by atoms with E-state index < -0.39 is 16.0 Å². The topological polar surface area (TPSA) is 104 Å². The van der Waals surface area contributed by atoms with Crippen LogP contribution in [0.2, 0.25) is 0 Å². The molecule has 0 fully saturated rings. The molecule has 0 aliphatic carbocycles. The first-order chi connectivity index (χ1) is 14.2. The van der Waals surface area contributed by atoms with Crippen LogP contribution in [0.1, 0.15) is 30.4 Å². The summed E-state index contributed by atoms with van der Waals surface area (Å²) in [6.07, 6.45) is 2.66. The first kappa shape index (κ1) is 21.6. The third kappa shape index (κ3) is 5.48. The number of rotatable bonds is 8. The van der Waals surface area contributed by atoms with E-state index >= 15 is 0 Å². The zero-order valence-electron chi connectivity index (χ0n) is 16.7. The molecule has 0 radical (unpaired) electrons. The number of hydrogen-bond acceptors (Lipinski definition) is 4. The molecular weight excluding hydrogens is 404 g/mol. The van der Waals surface area contributed by atoms with Crippen LogP contribution >= 0.6 is 0 Å². The fourth-order valence-corrected chi connectivity index (χ4v) is 4.28. The Hall–Kier alpha value is -3.13. The lowest BCUT2D eigenvalue weighted by atomic mass is 10.0. The molecule has 8 heteroatoms. The Morgan fingerprint density at radius 3 is 2.40 bits per heavy atom. The van der Waals surface area contributed by atoms with Crippen molar-refractivity contribution in [2.75, 3.05) is 11.3 Å². The van der Waals surface area contributed by atoms with Gasteiger partial charge in [-0.3, -0.25) is 14.3 Å². The molecule has 2 aromatic rings. The van der Waals surface area contributed by atoms with E-state index in [2.05, 4.69) is 4.72 Å². The van der Waals surface area contributed by atoms with Crippen molar-refractivity contribution in [3.05, 3.63) is 71.3 Å². The van der Waals surface area contributed by atoms with Crippen molar-refractivity contribution in [2.45, 2.75) is 37.6 Å². The van der Waals surface area contributed by atoms with Gasteiger partial charge in [-0.05, 0) is 49.6 Å². The maximum atomic E-state index is 12.6. The molecule has 1 amide bonds. The number of hydrogen-bond donors (Lipinski definition) is 2. The summed E-state index contributed by atoms with van der Waals surface area (Å²) in [5.41, 5.74) is 2.81. The van der Waals surface area contributed by atoms with Crippen molar-refractivity contribution in [3.8, 4) is 0 Å². The number of anilines is 1. The van der Waals surface area contributed by atoms with Crippen molar-refractivity contribution < 1.29 is 23.1 Å². The molecule has 0 spiro atoms. The van der Waals surface area contributed by atoms with Gasteiger partial charge in [0.2, 0.25) is 5.91 Å². The van der Waals surface area contributed by atoms with E-state index in [-0.39, 0.29) is 23.6 Å². The largest absolute Gasteiger partial charge is 0.481 e. The van der Waals surface area contributed by atoms with Gasteiger partial charge in [0.05, 0.1) is 4.90 Å². The highest BCUT2D eigenvalue weighted by atomic mass is 32.2. The summed E-state index contributed by atoms with van der Waals surface area (Å²) in [6.45, 7) is 2.84. The monoisotopic (exact) mass is 428 g/mol. The molecule has 1 aliphatic heterocycles. The minimum absolute atomic E-state index is 0.0682.